The zero-order chi connectivity index (χ0) is 41.9. The molecular formula is C23H27FN4O3. The number of anilines is 2. The molecule has 1 N–H and O–H groups in total. The Kier molecular flexibility index (Phi) is 2.24. The summed E-state index contributed by atoms with van der Waals surface area (Å²) in [7, 11) is -3.56. The predicted octanol–water partition coefficient (Wildman–Crippen LogP) is 3.93. The first kappa shape index (κ1) is 7.02. The van der Waals surface area contributed by atoms with Crippen LogP contribution in [0.3, 0.4) is 0 Å². The van der Waals surface area contributed by atoms with Gasteiger partial charge in [-0.3, -0.25) is 4.90 Å². The van der Waals surface area contributed by atoms with Crippen LogP contribution in [0.4, 0.5) is 15.9 Å². The molecule has 0 saturated carbocycles. The van der Waals surface area contributed by atoms with E-state index in [2.05, 4.69) is 20.0 Å². The van der Waals surface area contributed by atoms with Crippen LogP contribution in [0.15, 0.2) is 36.5 Å². The summed E-state index contributed by atoms with van der Waals surface area (Å²) < 4.78 is 216. The highest BCUT2D eigenvalue weighted by atomic mass is 19.1. The van der Waals surface area contributed by atoms with Gasteiger partial charge in [0.1, 0.15) is 19.3 Å². The summed E-state index contributed by atoms with van der Waals surface area (Å²) in [6.45, 7) is -23.9. The van der Waals surface area contributed by atoms with Gasteiger partial charge in [-0.2, -0.15) is 0 Å². The van der Waals surface area contributed by atoms with E-state index >= 15 is 0 Å². The van der Waals surface area contributed by atoms with Crippen molar-refractivity contribution in [2.45, 2.75) is 13.3 Å². The quantitative estimate of drug-likeness (QED) is 0.559. The first-order chi connectivity index (χ1) is 24.0. The molecule has 0 unspecified atom stereocenters. The largest absolute Gasteiger partial charge is 0.493 e. The number of hydrogen-bond acceptors (Lipinski definition) is 7. The van der Waals surface area contributed by atoms with Crippen LogP contribution in [0.1, 0.15) is 43.5 Å². The molecule has 0 spiro atoms. The van der Waals surface area contributed by atoms with Crippen LogP contribution in [0.25, 0.3) is 10.9 Å². The van der Waals surface area contributed by atoms with Gasteiger partial charge < -0.3 is 19.5 Å². The fourth-order valence-corrected chi connectivity index (χ4v) is 2.19. The lowest BCUT2D eigenvalue weighted by Crippen LogP contribution is -2.37. The first-order valence-electron chi connectivity index (χ1n) is 19.7. The topological polar surface area (TPSA) is 68.7 Å². The number of ether oxygens (including phenoxy) is 3. The Morgan fingerprint density at radius 2 is 2.16 bits per heavy atom. The number of benzene rings is 2. The second-order valence-corrected chi connectivity index (χ2v) is 5.53. The molecule has 0 amide bonds. The molecule has 1 saturated heterocycles. The van der Waals surface area contributed by atoms with Gasteiger partial charge in [0.15, 0.2) is 11.5 Å². The molecule has 0 aliphatic carbocycles. The lowest BCUT2D eigenvalue weighted by molar-refractivity contribution is 0.0357. The highest BCUT2D eigenvalue weighted by Crippen LogP contribution is 2.35. The normalized spacial score (nSPS) is 33.7. The van der Waals surface area contributed by atoms with Crippen LogP contribution in [-0.2, 0) is 4.74 Å². The van der Waals surface area contributed by atoms with Crippen LogP contribution >= 0.6 is 0 Å². The standard InChI is InChI=1S/C23H27FN4O3/c1-16-12-17(4-5-19(16)24)27-23-18-13-22(21(29-2)14-20(18)25-15-26-23)31-9-3-6-28-7-10-30-11-8-28/h4-5,12-15H,3,6-11H2,1-2H3,(H,25,26,27)/i2D3,3D2,4D,5D,6D2,7D2,8D2,9D2,10D2,11D2,12D,13D,14D,15D. The molecule has 2 heterocycles. The van der Waals surface area contributed by atoms with E-state index in [4.69, 9.17) is 41.0 Å². The molecule has 4 rings (SSSR count). The van der Waals surface area contributed by atoms with E-state index in [-0.39, 0.29) is 0 Å². The van der Waals surface area contributed by atoms with Crippen molar-refractivity contribution in [2.24, 2.45) is 0 Å². The third-order valence-corrected chi connectivity index (χ3v) is 3.55. The highest BCUT2D eigenvalue weighted by Gasteiger charge is 2.13. The minimum absolute atomic E-state index is 0.438. The molecule has 3 aromatic rings. The molecule has 1 aliphatic rings. The van der Waals surface area contributed by atoms with Crippen LogP contribution < -0.4 is 14.8 Å². The van der Waals surface area contributed by atoms with Crippen LogP contribution in [0.5, 0.6) is 11.5 Å². The van der Waals surface area contributed by atoms with E-state index in [1.54, 1.807) is 0 Å². The van der Waals surface area contributed by atoms with Crippen molar-refractivity contribution in [1.29, 1.82) is 0 Å². The van der Waals surface area contributed by atoms with Crippen molar-refractivity contribution in [1.82, 2.24) is 14.9 Å². The number of morpholine rings is 1. The van der Waals surface area contributed by atoms with Gasteiger partial charge in [-0.15, -0.1) is 0 Å². The van der Waals surface area contributed by atoms with Gasteiger partial charge in [0, 0.05) is 47.6 Å². The number of nitrogens with one attached hydrogen (secondary N) is 1. The summed E-state index contributed by atoms with van der Waals surface area (Å²) in [6, 6.07) is -5.15. The van der Waals surface area contributed by atoms with Gasteiger partial charge in [-0.05, 0) is 43.0 Å². The molecule has 1 fully saturated rings. The maximum absolute atomic E-state index is 14.4. The van der Waals surface area contributed by atoms with Gasteiger partial charge in [0.2, 0.25) is 0 Å². The van der Waals surface area contributed by atoms with Crippen LogP contribution in [0, 0.1) is 12.7 Å². The fourth-order valence-electron chi connectivity index (χ4n) is 2.19. The van der Waals surface area contributed by atoms with Gasteiger partial charge >= 0.3 is 0 Å². The Labute approximate surface area is 213 Å². The molecular weight excluding hydrogens is 399 g/mol. The molecule has 0 bridgehead atoms. The SMILES string of the molecule is [2H]c1nc(Nc2c([2H])c([2H])c(F)c(C)c2[2H])c2c([2H])c(OC([2H])([2H])C([2H])([2H])C([2H])([2H])N3C([2H])([2H])C([2H])([2H])OC([2H])([2H])C3([2H])[2H])c(OC([2H])([2H])[2H])c([2H])c2n1. The summed E-state index contributed by atoms with van der Waals surface area (Å²) in [5.41, 5.74) is -1.88. The summed E-state index contributed by atoms with van der Waals surface area (Å²) in [4.78, 5) is 6.48. The summed E-state index contributed by atoms with van der Waals surface area (Å²) >= 11 is 0. The van der Waals surface area contributed by atoms with Gasteiger partial charge in [0.05, 0.1) is 51.4 Å². The van der Waals surface area contributed by atoms with Crippen molar-refractivity contribution in [3.05, 3.63) is 47.9 Å². The first-order valence-corrected chi connectivity index (χ1v) is 8.23. The molecule has 0 atom stereocenters. The minimum atomic E-state index is -4.50. The maximum Gasteiger partial charge on any atom is 0.162 e. The highest BCUT2D eigenvalue weighted by molar-refractivity contribution is 5.93. The predicted molar refractivity (Wildman–Crippen MR) is 118 cm³/mol. The van der Waals surface area contributed by atoms with Gasteiger partial charge in [-0.1, -0.05) is 0 Å². The molecule has 1 aromatic heterocycles. The zero-order valence-corrected chi connectivity index (χ0v) is 15.4. The molecule has 8 heteroatoms. The number of nitrogens with zero attached hydrogens (tertiary/aromatic N) is 3. The maximum atomic E-state index is 14.4. The number of rotatable bonds is 8. The summed E-state index contributed by atoms with van der Waals surface area (Å²) in [5, 5.41) is 1.54. The molecule has 164 valence electrons. The Balaban J connectivity index is 2.02. The van der Waals surface area contributed by atoms with Crippen molar-refractivity contribution in [2.75, 3.05) is 51.5 Å². The number of halogens is 1. The second-order valence-electron chi connectivity index (χ2n) is 5.53. The third kappa shape index (κ3) is 5.21. The van der Waals surface area contributed by atoms with Crippen molar-refractivity contribution >= 4 is 22.4 Å². The van der Waals surface area contributed by atoms with E-state index in [1.807, 2.05) is 0 Å². The van der Waals surface area contributed by atoms with Crippen LogP contribution in [-0.4, -0.2) is 61.1 Å². The average Bonchev–Trinajstić information content (AvgIpc) is 2.99. The molecule has 31 heavy (non-hydrogen) atoms. The number of aromatic nitrogens is 2. The van der Waals surface area contributed by atoms with E-state index in [1.165, 1.54) is 0 Å². The molecule has 1 aliphatic heterocycles. The van der Waals surface area contributed by atoms with E-state index in [9.17, 15) is 4.39 Å². The van der Waals surface area contributed by atoms with E-state index in [0.29, 0.717) is 0 Å². The monoisotopic (exact) mass is 449 g/mol. The third-order valence-electron chi connectivity index (χ3n) is 3.55. The van der Waals surface area contributed by atoms with Crippen LogP contribution in [0.2, 0.25) is 0 Å². The molecule has 7 nitrogen and oxygen atoms in total. The van der Waals surface area contributed by atoms with Crippen molar-refractivity contribution in [3.63, 3.8) is 0 Å². The average molecular weight is 450 g/mol. The summed E-state index contributed by atoms with van der Waals surface area (Å²) in [6.07, 6.45) is -5.45. The smallest absolute Gasteiger partial charge is 0.162 e. The minimum Gasteiger partial charge on any atom is -0.493 e. The fraction of sp³-hybridized carbons (Fsp3) is 0.391. The second kappa shape index (κ2) is 9.89. The Bertz CT molecular complexity index is 1970. The molecule has 2 aromatic carbocycles. The lowest BCUT2D eigenvalue weighted by Gasteiger charge is -2.26. The number of hydrogen-bond donors (Lipinski definition) is 1. The Morgan fingerprint density at radius 3 is 3.00 bits per heavy atom. The number of fused-ring (bicyclic) bond motifs is 1. The van der Waals surface area contributed by atoms with Crippen molar-refractivity contribution in [3.8, 4) is 11.5 Å². The number of methoxy groups -OCH3 is 1. The van der Waals surface area contributed by atoms with E-state index < -0.39 is 139 Å². The van der Waals surface area contributed by atoms with Gasteiger partial charge in [0.25, 0.3) is 0 Å². The molecule has 0 radical (unpaired) electrons. The Morgan fingerprint density at radius 1 is 1.29 bits per heavy atom. The van der Waals surface area contributed by atoms with E-state index in [0.717, 1.165) is 6.92 Å². The summed E-state index contributed by atoms with van der Waals surface area (Å²) in [5.74, 6) is -4.93. The van der Waals surface area contributed by atoms with Crippen molar-refractivity contribution < 1.29 is 50.1 Å². The Hall–Kier alpha value is -2.97. The zero-order valence-electron chi connectivity index (χ0n) is 38.4. The van der Waals surface area contributed by atoms with Gasteiger partial charge in [-0.25, -0.2) is 14.4 Å². The lowest BCUT2D eigenvalue weighted by atomic mass is 10.2.